The number of halogens is 2. The zero-order valence-corrected chi connectivity index (χ0v) is 10.7. The van der Waals surface area contributed by atoms with Gasteiger partial charge in [-0.2, -0.15) is 0 Å². The van der Waals surface area contributed by atoms with Crippen molar-refractivity contribution in [1.29, 1.82) is 0 Å². The fourth-order valence-electron chi connectivity index (χ4n) is 1.34. The lowest BCUT2D eigenvalue weighted by atomic mass is 10.2. The van der Waals surface area contributed by atoms with Crippen LogP contribution in [0, 0.1) is 12.7 Å². The Hall–Kier alpha value is -1.62. The Morgan fingerprint density at radius 1 is 1.35 bits per heavy atom. The number of nitrogen functional groups attached to an aromatic ring is 1. The fourth-order valence-corrected chi connectivity index (χ4v) is 1.77. The molecule has 0 bridgehead atoms. The Labute approximate surface area is 107 Å². The van der Waals surface area contributed by atoms with Crippen LogP contribution in [0.15, 0.2) is 35.1 Å². The third-order valence-electron chi connectivity index (χ3n) is 2.23. The van der Waals surface area contributed by atoms with Crippen LogP contribution in [0.4, 0.5) is 10.1 Å². The van der Waals surface area contributed by atoms with E-state index >= 15 is 0 Å². The normalized spacial score (nSPS) is 10.3. The van der Waals surface area contributed by atoms with Gasteiger partial charge in [-0.05, 0) is 46.6 Å². The van der Waals surface area contributed by atoms with Crippen molar-refractivity contribution in [2.75, 3.05) is 5.73 Å². The van der Waals surface area contributed by atoms with Crippen LogP contribution in [0.3, 0.4) is 0 Å². The summed E-state index contributed by atoms with van der Waals surface area (Å²) < 4.78 is 19.3. The summed E-state index contributed by atoms with van der Waals surface area (Å²) in [5, 5.41) is 0. The molecule has 1 aromatic carbocycles. The molecule has 0 atom stereocenters. The molecule has 17 heavy (non-hydrogen) atoms. The van der Waals surface area contributed by atoms with Crippen molar-refractivity contribution in [2.24, 2.45) is 0 Å². The lowest BCUT2D eigenvalue weighted by Crippen LogP contribution is -1.95. The second-order valence-corrected chi connectivity index (χ2v) is 4.41. The summed E-state index contributed by atoms with van der Waals surface area (Å²) in [5.74, 6) is 0.743. The molecule has 0 fully saturated rings. The maximum absolute atomic E-state index is 13.1. The summed E-state index contributed by atoms with van der Waals surface area (Å²) in [4.78, 5) is 3.91. The maximum Gasteiger partial charge on any atom is 0.167 e. The highest BCUT2D eigenvalue weighted by Gasteiger charge is 2.08. The molecule has 0 aliphatic heterocycles. The fraction of sp³-hybridized carbons (Fsp3) is 0.0833. The Morgan fingerprint density at radius 2 is 2.12 bits per heavy atom. The van der Waals surface area contributed by atoms with Crippen molar-refractivity contribution in [3.8, 4) is 11.5 Å². The van der Waals surface area contributed by atoms with Gasteiger partial charge in [-0.15, -0.1) is 0 Å². The number of aromatic nitrogens is 1. The van der Waals surface area contributed by atoms with Crippen LogP contribution in [0.5, 0.6) is 11.5 Å². The van der Waals surface area contributed by atoms with Gasteiger partial charge >= 0.3 is 0 Å². The van der Waals surface area contributed by atoms with Crippen molar-refractivity contribution >= 4 is 21.6 Å². The molecular formula is C12H10BrFN2O. The van der Waals surface area contributed by atoms with E-state index in [9.17, 15) is 4.39 Å². The van der Waals surface area contributed by atoms with Crippen LogP contribution in [-0.4, -0.2) is 4.98 Å². The molecule has 0 saturated carbocycles. The van der Waals surface area contributed by atoms with Gasteiger partial charge in [-0.3, -0.25) is 4.98 Å². The zero-order valence-electron chi connectivity index (χ0n) is 9.08. The molecule has 0 radical (unpaired) electrons. The second kappa shape index (κ2) is 4.71. The average molecular weight is 297 g/mol. The number of anilines is 1. The molecule has 2 aromatic rings. The predicted molar refractivity (Wildman–Crippen MR) is 67.6 cm³/mol. The van der Waals surface area contributed by atoms with Gasteiger partial charge in [0, 0.05) is 6.20 Å². The highest BCUT2D eigenvalue weighted by atomic mass is 79.9. The minimum absolute atomic E-state index is 0.265. The first-order chi connectivity index (χ1) is 8.08. The van der Waals surface area contributed by atoms with Crippen LogP contribution in [0.25, 0.3) is 0 Å². The van der Waals surface area contributed by atoms with Crippen LogP contribution < -0.4 is 10.5 Å². The largest absolute Gasteiger partial charge is 0.454 e. The van der Waals surface area contributed by atoms with E-state index in [4.69, 9.17) is 10.5 Å². The minimum Gasteiger partial charge on any atom is -0.454 e. The van der Waals surface area contributed by atoms with Gasteiger partial charge in [0.1, 0.15) is 11.6 Å². The molecule has 5 heteroatoms. The quantitative estimate of drug-likeness (QED) is 0.920. The van der Waals surface area contributed by atoms with E-state index in [1.54, 1.807) is 25.3 Å². The van der Waals surface area contributed by atoms with Crippen molar-refractivity contribution in [3.05, 3.63) is 46.4 Å². The van der Waals surface area contributed by atoms with Crippen molar-refractivity contribution in [2.45, 2.75) is 6.92 Å². The lowest BCUT2D eigenvalue weighted by Gasteiger charge is -2.10. The SMILES string of the molecule is Cc1cc(Oc2c(N)cncc2Br)ccc1F. The molecule has 0 unspecified atom stereocenters. The molecule has 2 N–H and O–H groups in total. The van der Waals surface area contributed by atoms with Crippen LogP contribution in [0.2, 0.25) is 0 Å². The summed E-state index contributed by atoms with van der Waals surface area (Å²) in [7, 11) is 0. The number of ether oxygens (including phenoxy) is 1. The Bertz CT molecular complexity index is 540. The van der Waals surface area contributed by atoms with Crippen molar-refractivity contribution in [1.82, 2.24) is 4.98 Å². The molecule has 3 nitrogen and oxygen atoms in total. The van der Waals surface area contributed by atoms with Gasteiger partial charge in [0.15, 0.2) is 5.75 Å². The standard InChI is InChI=1S/C12H10BrFN2O/c1-7-4-8(2-3-10(7)14)17-12-9(13)5-16-6-11(12)15/h2-6H,15H2,1H3. The summed E-state index contributed by atoms with van der Waals surface area (Å²) >= 11 is 3.30. The third-order valence-corrected chi connectivity index (χ3v) is 2.79. The highest BCUT2D eigenvalue weighted by Crippen LogP contribution is 2.34. The number of nitrogens with zero attached hydrogens (tertiary/aromatic N) is 1. The van der Waals surface area contributed by atoms with E-state index in [0.29, 0.717) is 27.2 Å². The third kappa shape index (κ3) is 2.55. The van der Waals surface area contributed by atoms with E-state index in [1.807, 2.05) is 0 Å². The summed E-state index contributed by atoms with van der Waals surface area (Å²) in [5.41, 5.74) is 6.68. The topological polar surface area (TPSA) is 48.1 Å². The van der Waals surface area contributed by atoms with E-state index in [2.05, 4.69) is 20.9 Å². The first-order valence-corrected chi connectivity index (χ1v) is 5.70. The van der Waals surface area contributed by atoms with Gasteiger partial charge in [-0.25, -0.2) is 4.39 Å². The first-order valence-electron chi connectivity index (χ1n) is 4.91. The number of aryl methyl sites for hydroxylation is 1. The molecule has 1 aromatic heterocycles. The number of hydrogen-bond acceptors (Lipinski definition) is 3. The van der Waals surface area contributed by atoms with E-state index in [1.165, 1.54) is 12.3 Å². The second-order valence-electron chi connectivity index (χ2n) is 3.55. The molecule has 0 aliphatic carbocycles. The number of rotatable bonds is 2. The number of nitrogens with two attached hydrogens (primary N) is 1. The monoisotopic (exact) mass is 296 g/mol. The van der Waals surface area contributed by atoms with Crippen LogP contribution >= 0.6 is 15.9 Å². The van der Waals surface area contributed by atoms with Gasteiger partial charge < -0.3 is 10.5 Å². The summed E-state index contributed by atoms with van der Waals surface area (Å²) in [6.07, 6.45) is 3.08. The van der Waals surface area contributed by atoms with E-state index in [0.717, 1.165) is 0 Å². The van der Waals surface area contributed by atoms with Gasteiger partial charge in [0.05, 0.1) is 16.4 Å². The number of pyridine rings is 1. The molecular weight excluding hydrogens is 287 g/mol. The van der Waals surface area contributed by atoms with E-state index in [-0.39, 0.29) is 5.82 Å². The van der Waals surface area contributed by atoms with Gasteiger partial charge in [-0.1, -0.05) is 0 Å². The zero-order chi connectivity index (χ0) is 12.4. The average Bonchev–Trinajstić information content (AvgIpc) is 2.28. The number of benzene rings is 1. The molecule has 1 heterocycles. The Balaban J connectivity index is 2.35. The van der Waals surface area contributed by atoms with Crippen LogP contribution in [-0.2, 0) is 0 Å². The first kappa shape index (κ1) is 11.9. The predicted octanol–water partition coefficient (Wildman–Crippen LogP) is 3.67. The van der Waals surface area contributed by atoms with Gasteiger partial charge in [0.2, 0.25) is 0 Å². The minimum atomic E-state index is -0.265. The summed E-state index contributed by atoms with van der Waals surface area (Å²) in [6, 6.07) is 4.52. The molecule has 88 valence electrons. The maximum atomic E-state index is 13.1. The Kier molecular flexibility index (Phi) is 3.28. The Morgan fingerprint density at radius 3 is 2.76 bits per heavy atom. The van der Waals surface area contributed by atoms with Crippen LogP contribution in [0.1, 0.15) is 5.56 Å². The smallest absolute Gasteiger partial charge is 0.167 e. The number of hydrogen-bond donors (Lipinski definition) is 1. The van der Waals surface area contributed by atoms with Crippen molar-refractivity contribution in [3.63, 3.8) is 0 Å². The molecule has 0 spiro atoms. The van der Waals surface area contributed by atoms with E-state index < -0.39 is 0 Å². The summed E-state index contributed by atoms with van der Waals surface area (Å²) in [6.45, 7) is 1.67. The molecule has 0 amide bonds. The molecule has 0 aliphatic rings. The lowest BCUT2D eigenvalue weighted by molar-refractivity contribution is 0.478. The van der Waals surface area contributed by atoms with Gasteiger partial charge in [0.25, 0.3) is 0 Å². The highest BCUT2D eigenvalue weighted by molar-refractivity contribution is 9.10. The van der Waals surface area contributed by atoms with Crippen molar-refractivity contribution < 1.29 is 9.13 Å². The molecule has 0 saturated heterocycles. The molecule has 2 rings (SSSR count).